The molecule has 4 heterocycles. The van der Waals surface area contributed by atoms with Gasteiger partial charge in [-0.15, -0.1) is 0 Å². The Labute approximate surface area is 217 Å². The van der Waals surface area contributed by atoms with Crippen LogP contribution >= 0.6 is 0 Å². The second kappa shape index (κ2) is 10.8. The zero-order valence-corrected chi connectivity index (χ0v) is 20.8. The molecule has 5 rings (SSSR count). The highest BCUT2D eigenvalue weighted by atomic mass is 19.4. The Hall–Kier alpha value is -3.99. The number of carbonyl (C=O) groups is 1. The zero-order valence-electron chi connectivity index (χ0n) is 20.8. The first-order valence-electron chi connectivity index (χ1n) is 12.2. The number of H-pyrrole nitrogens is 1. The Balaban J connectivity index is 1.22. The number of nitrogens with one attached hydrogen (secondary N) is 1. The summed E-state index contributed by atoms with van der Waals surface area (Å²) in [6, 6.07) is 11.9. The van der Waals surface area contributed by atoms with Crippen LogP contribution in [0.2, 0.25) is 0 Å². The number of aromatic nitrogens is 4. The van der Waals surface area contributed by atoms with Gasteiger partial charge in [-0.05, 0) is 41.5 Å². The van der Waals surface area contributed by atoms with Crippen LogP contribution in [-0.4, -0.2) is 75.1 Å². The van der Waals surface area contributed by atoms with Gasteiger partial charge >= 0.3 is 6.18 Å². The number of amides is 1. The highest BCUT2D eigenvalue weighted by Gasteiger charge is 2.34. The van der Waals surface area contributed by atoms with Crippen LogP contribution in [0.15, 0.2) is 55.0 Å². The molecule has 0 atom stereocenters. The summed E-state index contributed by atoms with van der Waals surface area (Å²) in [7, 11) is 1.62. The molecule has 0 unspecified atom stereocenters. The lowest BCUT2D eigenvalue weighted by molar-refractivity contribution is -0.162. The van der Waals surface area contributed by atoms with Gasteiger partial charge in [0.2, 0.25) is 5.91 Å². The first-order valence-corrected chi connectivity index (χ1v) is 12.2. The monoisotopic (exact) mass is 524 g/mol. The van der Waals surface area contributed by atoms with E-state index in [0.717, 1.165) is 39.2 Å². The van der Waals surface area contributed by atoms with E-state index in [1.165, 1.54) is 4.90 Å². The first kappa shape index (κ1) is 25.7. The van der Waals surface area contributed by atoms with Crippen LogP contribution in [0.4, 0.5) is 13.2 Å². The molecule has 0 saturated carbocycles. The summed E-state index contributed by atoms with van der Waals surface area (Å²) in [6.07, 6.45) is -0.185. The summed E-state index contributed by atoms with van der Waals surface area (Å²) < 4.78 is 43.0. The highest BCUT2D eigenvalue weighted by molar-refractivity contribution is 5.83. The summed E-state index contributed by atoms with van der Waals surface area (Å²) in [6.45, 7) is 2.26. The van der Waals surface area contributed by atoms with Gasteiger partial charge < -0.3 is 14.6 Å². The van der Waals surface area contributed by atoms with Gasteiger partial charge in [0.05, 0.1) is 24.3 Å². The van der Waals surface area contributed by atoms with Gasteiger partial charge in [0.1, 0.15) is 18.0 Å². The molecule has 3 aromatic heterocycles. The third-order valence-electron chi connectivity index (χ3n) is 6.56. The van der Waals surface area contributed by atoms with E-state index in [4.69, 9.17) is 9.72 Å². The fraction of sp³-hybridized carbons (Fsp3) is 0.333. The van der Waals surface area contributed by atoms with E-state index in [9.17, 15) is 18.0 Å². The SMILES string of the molecule is COc1cnccc1-c1ccc2nc(Cc3cc(CN4CCN(C(=O)CC(F)(F)F)CC4)ccn3)[nH]c2c1. The number of carbonyl (C=O) groups excluding carboxylic acids is 1. The van der Waals surface area contributed by atoms with E-state index in [2.05, 4.69) is 19.9 Å². The predicted octanol–water partition coefficient (Wildman–Crippen LogP) is 4.22. The Morgan fingerprint density at radius 3 is 2.66 bits per heavy atom. The Bertz CT molecular complexity index is 1430. The molecule has 0 radical (unpaired) electrons. The smallest absolute Gasteiger partial charge is 0.397 e. The van der Waals surface area contributed by atoms with Gasteiger partial charge in [-0.3, -0.25) is 19.7 Å². The molecule has 8 nitrogen and oxygen atoms in total. The molecule has 38 heavy (non-hydrogen) atoms. The van der Waals surface area contributed by atoms with Crippen LogP contribution in [0, 0.1) is 0 Å². The molecule has 0 spiro atoms. The number of pyridine rings is 2. The number of nitrogens with zero attached hydrogens (tertiary/aromatic N) is 5. The van der Waals surface area contributed by atoms with Gasteiger partial charge in [-0.1, -0.05) is 6.07 Å². The predicted molar refractivity (Wildman–Crippen MR) is 135 cm³/mol. The van der Waals surface area contributed by atoms with Crippen molar-refractivity contribution in [1.29, 1.82) is 0 Å². The van der Waals surface area contributed by atoms with Crippen LogP contribution in [-0.2, 0) is 17.8 Å². The number of ether oxygens (including phenoxy) is 1. The van der Waals surface area contributed by atoms with Crippen molar-refractivity contribution in [2.45, 2.75) is 25.6 Å². The molecule has 1 N–H and O–H groups in total. The molecule has 11 heteroatoms. The van der Waals surface area contributed by atoms with Crippen LogP contribution in [0.25, 0.3) is 22.2 Å². The largest absolute Gasteiger partial charge is 0.494 e. The molecule has 1 aliphatic rings. The zero-order chi connectivity index (χ0) is 26.7. The molecule has 0 aliphatic carbocycles. The van der Waals surface area contributed by atoms with Crippen molar-refractivity contribution in [3.63, 3.8) is 0 Å². The quantitative estimate of drug-likeness (QED) is 0.390. The summed E-state index contributed by atoms with van der Waals surface area (Å²) in [5, 5.41) is 0. The molecule has 1 fully saturated rings. The Kier molecular flexibility index (Phi) is 7.28. The number of hydrogen-bond acceptors (Lipinski definition) is 6. The van der Waals surface area contributed by atoms with Crippen molar-refractivity contribution in [3.05, 3.63) is 72.1 Å². The maximum absolute atomic E-state index is 12.5. The minimum Gasteiger partial charge on any atom is -0.494 e. The summed E-state index contributed by atoms with van der Waals surface area (Å²) >= 11 is 0. The van der Waals surface area contributed by atoms with E-state index >= 15 is 0 Å². The van der Waals surface area contributed by atoms with Crippen molar-refractivity contribution in [3.8, 4) is 16.9 Å². The Morgan fingerprint density at radius 1 is 1.08 bits per heavy atom. The third-order valence-corrected chi connectivity index (χ3v) is 6.56. The van der Waals surface area contributed by atoms with E-state index in [0.29, 0.717) is 44.9 Å². The molecule has 4 aromatic rings. The molecule has 1 aromatic carbocycles. The van der Waals surface area contributed by atoms with Gasteiger partial charge in [-0.2, -0.15) is 13.2 Å². The fourth-order valence-electron chi connectivity index (χ4n) is 4.69. The number of hydrogen-bond donors (Lipinski definition) is 1. The van der Waals surface area contributed by atoms with Gasteiger partial charge in [0.25, 0.3) is 0 Å². The standard InChI is InChI=1S/C27H27F3N6O2/c1-38-24-16-31-6-5-21(24)19-2-3-22-23(13-19)34-25(33-22)14-20-12-18(4-7-32-20)17-35-8-10-36(11-9-35)26(37)15-27(28,29)30/h2-7,12-13,16H,8-11,14-15,17H2,1H3,(H,33,34). The lowest BCUT2D eigenvalue weighted by Gasteiger charge is -2.35. The van der Waals surface area contributed by atoms with Gasteiger partial charge in [0, 0.05) is 62.8 Å². The fourth-order valence-corrected chi connectivity index (χ4v) is 4.69. The van der Waals surface area contributed by atoms with E-state index < -0.39 is 18.5 Å². The van der Waals surface area contributed by atoms with Crippen molar-refractivity contribution < 1.29 is 22.7 Å². The normalized spacial score (nSPS) is 14.7. The average Bonchev–Trinajstić information content (AvgIpc) is 3.29. The Morgan fingerprint density at radius 2 is 1.89 bits per heavy atom. The molecular weight excluding hydrogens is 497 g/mol. The number of piperazine rings is 1. The maximum Gasteiger partial charge on any atom is 0.397 e. The number of halogens is 3. The van der Waals surface area contributed by atoms with E-state index in [-0.39, 0.29) is 0 Å². The molecule has 1 saturated heterocycles. The van der Waals surface area contributed by atoms with Crippen molar-refractivity contribution in [2.24, 2.45) is 0 Å². The number of benzene rings is 1. The van der Waals surface area contributed by atoms with Crippen LogP contribution in [0.3, 0.4) is 0 Å². The second-order valence-electron chi connectivity index (χ2n) is 9.27. The minimum atomic E-state index is -4.48. The summed E-state index contributed by atoms with van der Waals surface area (Å²) in [5.74, 6) is 0.628. The number of aromatic amines is 1. The maximum atomic E-state index is 12.5. The molecule has 1 amide bonds. The van der Waals surface area contributed by atoms with Gasteiger partial charge in [0.15, 0.2) is 0 Å². The third kappa shape index (κ3) is 6.10. The minimum absolute atomic E-state index is 0.291. The summed E-state index contributed by atoms with van der Waals surface area (Å²) in [5.41, 5.74) is 5.61. The van der Waals surface area contributed by atoms with E-state index in [1.807, 2.05) is 36.4 Å². The second-order valence-corrected chi connectivity index (χ2v) is 9.27. The lowest BCUT2D eigenvalue weighted by atomic mass is 10.1. The highest BCUT2D eigenvalue weighted by Crippen LogP contribution is 2.30. The number of imidazole rings is 1. The van der Waals surface area contributed by atoms with Crippen molar-refractivity contribution in [2.75, 3.05) is 33.3 Å². The number of alkyl halides is 3. The van der Waals surface area contributed by atoms with Crippen LogP contribution < -0.4 is 4.74 Å². The summed E-state index contributed by atoms with van der Waals surface area (Å²) in [4.78, 5) is 32.0. The lowest BCUT2D eigenvalue weighted by Crippen LogP contribution is -2.49. The molecule has 1 aliphatic heterocycles. The molecular formula is C27H27F3N6O2. The molecule has 198 valence electrons. The first-order chi connectivity index (χ1) is 18.3. The van der Waals surface area contributed by atoms with Crippen molar-refractivity contribution >= 4 is 16.9 Å². The number of fused-ring (bicyclic) bond motifs is 1. The average molecular weight is 525 g/mol. The van der Waals surface area contributed by atoms with Crippen molar-refractivity contribution in [1.82, 2.24) is 29.7 Å². The topological polar surface area (TPSA) is 87.2 Å². The number of rotatable bonds is 7. The van der Waals surface area contributed by atoms with E-state index in [1.54, 1.807) is 25.7 Å². The van der Waals surface area contributed by atoms with Crippen LogP contribution in [0.5, 0.6) is 5.75 Å². The van der Waals surface area contributed by atoms with Crippen LogP contribution in [0.1, 0.15) is 23.5 Å². The van der Waals surface area contributed by atoms with Gasteiger partial charge in [-0.25, -0.2) is 4.98 Å². The molecule has 0 bridgehead atoms. The number of methoxy groups -OCH3 is 1.